The number of nitrogens with one attached hydrogen (secondary N) is 2. The molecule has 4 N–H and O–H groups in total. The van der Waals surface area contributed by atoms with Crippen LogP contribution in [0.4, 0.5) is 0 Å². The molecule has 9 heteroatoms. The maximum absolute atomic E-state index is 10.0. The molecular weight excluding hydrogens is 526 g/mol. The summed E-state index contributed by atoms with van der Waals surface area (Å²) in [5, 5.41) is 15.4. The van der Waals surface area contributed by atoms with Gasteiger partial charge in [0.05, 0.1) is 24.0 Å². The minimum Gasteiger partial charge on any atom is -0.457 e. The fourth-order valence-corrected chi connectivity index (χ4v) is 5.99. The van der Waals surface area contributed by atoms with Crippen LogP contribution in [0.25, 0.3) is 6.08 Å². The van der Waals surface area contributed by atoms with Gasteiger partial charge in [0.15, 0.2) is 0 Å². The number of likely N-dealkylation sites (tertiary alicyclic amines) is 1. The van der Waals surface area contributed by atoms with Gasteiger partial charge in [0.2, 0.25) is 0 Å². The predicted molar refractivity (Wildman–Crippen MR) is 163 cm³/mol. The molecule has 6 rings (SSSR count). The summed E-state index contributed by atoms with van der Waals surface area (Å²) in [6.45, 7) is 1.55. The summed E-state index contributed by atoms with van der Waals surface area (Å²) in [7, 11) is 1.67. The lowest BCUT2D eigenvalue weighted by Gasteiger charge is -2.41. The van der Waals surface area contributed by atoms with E-state index in [9.17, 15) is 5.26 Å². The first kappa shape index (κ1) is 27.7. The zero-order valence-electron chi connectivity index (χ0n) is 23.6. The third-order valence-corrected chi connectivity index (χ3v) is 7.96. The zero-order valence-corrected chi connectivity index (χ0v) is 23.6. The number of ether oxygens (including phenoxy) is 2. The normalized spacial score (nSPS) is 23.6. The minimum atomic E-state index is -0.440. The number of benzene rings is 3. The van der Waals surface area contributed by atoms with Gasteiger partial charge in [-0.1, -0.05) is 60.7 Å². The smallest absolute Gasteiger partial charge is 0.146 e. The Hall–Kier alpha value is -4.46. The lowest BCUT2D eigenvalue weighted by Crippen LogP contribution is -2.56. The number of rotatable bonds is 8. The van der Waals surface area contributed by atoms with E-state index in [0.29, 0.717) is 17.9 Å². The Bertz CT molecular complexity index is 1500. The third kappa shape index (κ3) is 5.79. The van der Waals surface area contributed by atoms with E-state index in [0.717, 1.165) is 47.6 Å². The van der Waals surface area contributed by atoms with Crippen LogP contribution in [0.1, 0.15) is 30.0 Å². The van der Waals surface area contributed by atoms with Gasteiger partial charge in [-0.15, -0.1) is 0 Å². The van der Waals surface area contributed by atoms with Gasteiger partial charge in [0.25, 0.3) is 0 Å². The Kier molecular flexibility index (Phi) is 8.30. The average molecular weight is 562 g/mol. The van der Waals surface area contributed by atoms with Crippen molar-refractivity contribution in [2.24, 2.45) is 10.7 Å². The highest BCUT2D eigenvalue weighted by molar-refractivity contribution is 5.62. The maximum Gasteiger partial charge on any atom is 0.146 e. The Morgan fingerprint density at radius 2 is 1.76 bits per heavy atom. The first-order valence-electron chi connectivity index (χ1n) is 14.2. The Morgan fingerprint density at radius 1 is 1.05 bits per heavy atom. The molecular formula is C33H35N7O2. The number of nitrogens with zero attached hydrogens (tertiary/aromatic N) is 4. The lowest BCUT2D eigenvalue weighted by atomic mass is 9.97. The largest absolute Gasteiger partial charge is 0.457 e. The number of methoxy groups -OCH3 is 1. The van der Waals surface area contributed by atoms with Gasteiger partial charge in [-0.05, 0) is 54.3 Å². The van der Waals surface area contributed by atoms with Gasteiger partial charge < -0.3 is 20.5 Å². The van der Waals surface area contributed by atoms with Crippen LogP contribution in [0.3, 0.4) is 0 Å². The second kappa shape index (κ2) is 12.6. The van der Waals surface area contributed by atoms with E-state index < -0.39 is 6.23 Å². The van der Waals surface area contributed by atoms with Crippen molar-refractivity contribution in [2.45, 2.75) is 37.3 Å². The highest BCUT2D eigenvalue weighted by atomic mass is 16.5. The number of aliphatic imine (C=N–C) groups is 1. The molecule has 0 bridgehead atoms. The molecule has 0 aromatic heterocycles. The fraction of sp³-hybridized carbons (Fsp3) is 0.273. The molecule has 0 saturated carbocycles. The maximum atomic E-state index is 10.0. The molecule has 0 aliphatic carbocycles. The van der Waals surface area contributed by atoms with Gasteiger partial charge in [-0.3, -0.25) is 9.89 Å². The summed E-state index contributed by atoms with van der Waals surface area (Å²) >= 11 is 0. The molecule has 214 valence electrons. The molecule has 3 aromatic rings. The third-order valence-electron chi connectivity index (χ3n) is 7.96. The number of hydrogen-bond donors (Lipinski definition) is 3. The SMILES string of the molecule is COC(/C(C#N)=C/c1ccccc1)N1CCCC(N2NC(c3ccc(Oc4ccccc4)cc3)C3=C(N)NC=NC32)C1. The molecule has 3 heterocycles. The molecule has 4 atom stereocenters. The molecule has 0 radical (unpaired) electrons. The Balaban J connectivity index is 1.21. The van der Waals surface area contributed by atoms with E-state index in [2.05, 4.69) is 38.9 Å². The van der Waals surface area contributed by atoms with Gasteiger partial charge in [0.1, 0.15) is 29.7 Å². The van der Waals surface area contributed by atoms with Crippen LogP contribution in [0.5, 0.6) is 11.5 Å². The molecule has 0 spiro atoms. The average Bonchev–Trinajstić information content (AvgIpc) is 3.43. The van der Waals surface area contributed by atoms with E-state index in [4.69, 9.17) is 20.2 Å². The highest BCUT2D eigenvalue weighted by Gasteiger charge is 2.45. The summed E-state index contributed by atoms with van der Waals surface area (Å²) < 4.78 is 11.9. The van der Waals surface area contributed by atoms with Crippen molar-refractivity contribution in [3.8, 4) is 17.6 Å². The molecule has 2 fully saturated rings. The number of para-hydroxylation sites is 1. The van der Waals surface area contributed by atoms with Gasteiger partial charge >= 0.3 is 0 Å². The van der Waals surface area contributed by atoms with Crippen LogP contribution in [-0.2, 0) is 4.74 Å². The van der Waals surface area contributed by atoms with E-state index >= 15 is 0 Å². The van der Waals surface area contributed by atoms with Crippen LogP contribution in [0.15, 0.2) is 107 Å². The first-order chi connectivity index (χ1) is 20.6. The monoisotopic (exact) mass is 561 g/mol. The second-order valence-corrected chi connectivity index (χ2v) is 10.6. The van der Waals surface area contributed by atoms with Crippen LogP contribution in [0.2, 0.25) is 0 Å². The summed E-state index contributed by atoms with van der Waals surface area (Å²) in [6, 6.07) is 30.1. The summed E-state index contributed by atoms with van der Waals surface area (Å²) in [5.74, 6) is 2.17. The number of hydrazine groups is 1. The van der Waals surface area contributed by atoms with Gasteiger partial charge in [-0.2, -0.15) is 5.26 Å². The first-order valence-corrected chi connectivity index (χ1v) is 14.2. The van der Waals surface area contributed by atoms with Crippen molar-refractivity contribution in [1.82, 2.24) is 20.7 Å². The number of nitrogens with two attached hydrogens (primary N) is 1. The van der Waals surface area contributed by atoms with Gasteiger partial charge in [-0.25, -0.2) is 10.4 Å². The topological polar surface area (TPSA) is 111 Å². The fourth-order valence-electron chi connectivity index (χ4n) is 5.99. The van der Waals surface area contributed by atoms with Crippen molar-refractivity contribution in [1.29, 1.82) is 5.26 Å². The van der Waals surface area contributed by atoms with E-state index in [-0.39, 0.29) is 18.2 Å². The van der Waals surface area contributed by atoms with E-state index in [1.165, 1.54) is 0 Å². The van der Waals surface area contributed by atoms with Crippen LogP contribution < -0.4 is 21.2 Å². The van der Waals surface area contributed by atoms with E-state index in [1.54, 1.807) is 13.4 Å². The van der Waals surface area contributed by atoms with Crippen molar-refractivity contribution in [3.05, 3.63) is 113 Å². The summed E-state index contributed by atoms with van der Waals surface area (Å²) in [4.78, 5) is 7.04. The molecule has 3 aromatic carbocycles. The van der Waals surface area contributed by atoms with Crippen LogP contribution >= 0.6 is 0 Å². The van der Waals surface area contributed by atoms with Gasteiger partial charge in [0, 0.05) is 31.8 Å². The van der Waals surface area contributed by atoms with Crippen LogP contribution in [0, 0.1) is 11.3 Å². The molecule has 3 aliphatic heterocycles. The summed E-state index contributed by atoms with van der Waals surface area (Å²) in [5.41, 5.74) is 13.9. The molecule has 3 aliphatic rings. The molecule has 42 heavy (non-hydrogen) atoms. The van der Waals surface area contributed by atoms with Crippen molar-refractivity contribution in [3.63, 3.8) is 0 Å². The Labute approximate surface area is 246 Å². The number of nitriles is 1. The number of hydrogen-bond acceptors (Lipinski definition) is 9. The number of piperidine rings is 1. The van der Waals surface area contributed by atoms with Crippen molar-refractivity contribution in [2.75, 3.05) is 20.2 Å². The molecule has 0 amide bonds. The highest BCUT2D eigenvalue weighted by Crippen LogP contribution is 2.39. The zero-order chi connectivity index (χ0) is 28.9. The molecule has 9 nitrogen and oxygen atoms in total. The Morgan fingerprint density at radius 3 is 2.48 bits per heavy atom. The predicted octanol–water partition coefficient (Wildman–Crippen LogP) is 4.51. The van der Waals surface area contributed by atoms with E-state index in [1.807, 2.05) is 78.9 Å². The lowest BCUT2D eigenvalue weighted by molar-refractivity contribution is -0.0426. The number of fused-ring (bicyclic) bond motifs is 1. The quantitative estimate of drug-likeness (QED) is 0.345. The van der Waals surface area contributed by atoms with Crippen LogP contribution in [-0.4, -0.2) is 54.9 Å². The standard InChI is InChI=1S/C33H35N7O2/c1-41-33(25(20-34)19-23-9-4-2-5-10-23)39-18-8-11-26(21-39)40-32-29(31(35)36-22-37-32)30(38-40)24-14-16-28(17-15-24)42-27-12-6-3-7-13-27/h2-7,9-10,12-17,19,22,26,30,32-33,38H,8,11,18,21,35H2,1H3,(H,36,37)/b25-19+. The molecule has 2 saturated heterocycles. The minimum absolute atomic E-state index is 0.127. The van der Waals surface area contributed by atoms with Crippen molar-refractivity contribution >= 4 is 12.4 Å². The van der Waals surface area contributed by atoms with Crippen molar-refractivity contribution < 1.29 is 9.47 Å². The molecule has 4 unspecified atom stereocenters. The summed E-state index contributed by atoms with van der Waals surface area (Å²) in [6.07, 6.45) is 4.85. The second-order valence-electron chi connectivity index (χ2n) is 10.6.